The molecule has 0 radical (unpaired) electrons. The number of nitrogens with one attached hydrogen (secondary N) is 2. The molecule has 3 N–H and O–H groups in total. The van der Waals surface area contributed by atoms with Crippen molar-refractivity contribution in [2.45, 2.75) is 32.2 Å². The number of carboxylic acid groups (broad SMARTS) is 1. The first-order chi connectivity index (χ1) is 16.7. The van der Waals surface area contributed by atoms with Gasteiger partial charge in [0.05, 0.1) is 17.8 Å². The van der Waals surface area contributed by atoms with Crippen molar-refractivity contribution in [1.82, 2.24) is 15.1 Å². The lowest BCUT2D eigenvalue weighted by atomic mass is 9.98. The maximum Gasteiger partial charge on any atom is 0.407 e. The highest BCUT2D eigenvalue weighted by Crippen LogP contribution is 2.44. The topological polar surface area (TPSA) is 123 Å². The predicted molar refractivity (Wildman–Crippen MR) is 130 cm³/mol. The van der Waals surface area contributed by atoms with Gasteiger partial charge < -0.3 is 20.5 Å². The first kappa shape index (κ1) is 24.0. The summed E-state index contributed by atoms with van der Waals surface area (Å²) in [6.45, 7) is 4.96. The molecule has 9 heteroatoms. The highest BCUT2D eigenvalue weighted by molar-refractivity contribution is 5.92. The summed E-state index contributed by atoms with van der Waals surface area (Å²) in [6.07, 6.45) is 2.24. The molecule has 0 spiro atoms. The van der Waals surface area contributed by atoms with Gasteiger partial charge in [-0.1, -0.05) is 55.5 Å². The Morgan fingerprint density at radius 2 is 1.69 bits per heavy atom. The molecule has 2 amide bonds. The van der Waals surface area contributed by atoms with E-state index in [4.69, 9.17) is 4.74 Å². The van der Waals surface area contributed by atoms with Crippen molar-refractivity contribution >= 4 is 23.7 Å². The van der Waals surface area contributed by atoms with E-state index in [0.717, 1.165) is 22.3 Å². The summed E-state index contributed by atoms with van der Waals surface area (Å²) >= 11 is 0. The van der Waals surface area contributed by atoms with Crippen molar-refractivity contribution in [3.8, 4) is 11.1 Å². The Bertz CT molecular complexity index is 1220. The lowest BCUT2D eigenvalue weighted by Gasteiger charge is -2.19. The number of nitrogens with zero attached hydrogens (tertiary/aromatic N) is 2. The van der Waals surface area contributed by atoms with Crippen molar-refractivity contribution in [2.75, 3.05) is 18.5 Å². The number of aromatic nitrogens is 2. The second kappa shape index (κ2) is 9.61. The summed E-state index contributed by atoms with van der Waals surface area (Å²) in [5.74, 6) is -1.97. The predicted octanol–water partition coefficient (Wildman–Crippen LogP) is 3.82. The molecule has 0 bridgehead atoms. The summed E-state index contributed by atoms with van der Waals surface area (Å²) in [7, 11) is 0. The van der Waals surface area contributed by atoms with Crippen LogP contribution in [0.3, 0.4) is 0 Å². The summed E-state index contributed by atoms with van der Waals surface area (Å²) < 4.78 is 6.77. The molecule has 182 valence electrons. The van der Waals surface area contributed by atoms with Gasteiger partial charge in [0.1, 0.15) is 6.61 Å². The van der Waals surface area contributed by atoms with E-state index < -0.39 is 23.5 Å². The summed E-state index contributed by atoms with van der Waals surface area (Å²) in [4.78, 5) is 36.2. The fraction of sp³-hybridized carbons (Fsp3) is 0.308. The minimum absolute atomic E-state index is 0.0412. The number of aliphatic carboxylic acids is 1. The zero-order valence-electron chi connectivity index (χ0n) is 19.8. The van der Waals surface area contributed by atoms with Gasteiger partial charge in [0.15, 0.2) is 5.54 Å². The number of fused-ring (bicyclic) bond motifs is 3. The maximum atomic E-state index is 12.5. The lowest BCUT2D eigenvalue weighted by Crippen LogP contribution is -2.36. The van der Waals surface area contributed by atoms with E-state index in [1.54, 1.807) is 6.92 Å². The molecule has 2 aromatic carbocycles. The Kier molecular flexibility index (Phi) is 6.59. The maximum absolute atomic E-state index is 12.5. The molecule has 1 heterocycles. The van der Waals surface area contributed by atoms with Crippen LogP contribution in [0.25, 0.3) is 11.1 Å². The monoisotopic (exact) mass is 476 g/mol. The van der Waals surface area contributed by atoms with E-state index in [0.29, 0.717) is 5.69 Å². The molecule has 1 aliphatic rings. The third-order valence-corrected chi connectivity index (χ3v) is 6.29. The number of benzene rings is 2. The minimum atomic E-state index is -1.25. The van der Waals surface area contributed by atoms with Crippen LogP contribution in [-0.2, 0) is 19.9 Å². The molecule has 3 aromatic rings. The fourth-order valence-electron chi connectivity index (χ4n) is 4.04. The van der Waals surface area contributed by atoms with Crippen molar-refractivity contribution in [1.29, 1.82) is 0 Å². The number of ether oxygens (including phenoxy) is 1. The molecule has 9 nitrogen and oxygen atoms in total. The normalized spacial score (nSPS) is 13.5. The number of carboxylic acids is 1. The van der Waals surface area contributed by atoms with Crippen molar-refractivity contribution in [3.63, 3.8) is 0 Å². The molecule has 4 rings (SSSR count). The van der Waals surface area contributed by atoms with Crippen LogP contribution in [0.4, 0.5) is 10.5 Å². The van der Waals surface area contributed by atoms with Gasteiger partial charge in [-0.3, -0.25) is 9.48 Å². The van der Waals surface area contributed by atoms with Gasteiger partial charge in [0, 0.05) is 18.7 Å². The van der Waals surface area contributed by atoms with Crippen LogP contribution in [-0.4, -0.2) is 46.0 Å². The number of hydrogen-bond donors (Lipinski definition) is 3. The molecule has 35 heavy (non-hydrogen) atoms. The van der Waals surface area contributed by atoms with Crippen LogP contribution >= 0.6 is 0 Å². The molecular weight excluding hydrogens is 448 g/mol. The fourth-order valence-corrected chi connectivity index (χ4v) is 4.04. The molecule has 0 aliphatic heterocycles. The zero-order chi connectivity index (χ0) is 25.2. The van der Waals surface area contributed by atoms with E-state index in [-0.39, 0.29) is 25.0 Å². The van der Waals surface area contributed by atoms with Crippen molar-refractivity contribution in [2.24, 2.45) is 5.92 Å². The Morgan fingerprint density at radius 1 is 1.09 bits per heavy atom. The molecule has 1 aliphatic carbocycles. The standard InChI is InChI=1S/C26H28N4O5/c1-16(23(31)29-17-13-28-30(14-17)26(2,3)24(32)33)12-27-25(34)35-15-22-20-10-6-4-8-18(20)19-9-5-7-11-21(19)22/h4-11,13-14,16,22H,12,15H2,1-3H3,(H,27,34)(H,29,31)(H,32,33). The van der Waals surface area contributed by atoms with E-state index in [9.17, 15) is 19.5 Å². The number of amides is 2. The highest BCUT2D eigenvalue weighted by Gasteiger charge is 2.31. The third-order valence-electron chi connectivity index (χ3n) is 6.29. The van der Waals surface area contributed by atoms with Gasteiger partial charge in [-0.2, -0.15) is 5.10 Å². The SMILES string of the molecule is CC(CNC(=O)OCC1c2ccccc2-c2ccccc21)C(=O)Nc1cnn(C(C)(C)C(=O)O)c1. The summed E-state index contributed by atoms with van der Waals surface area (Å²) in [5, 5.41) is 18.7. The van der Waals surface area contributed by atoms with Gasteiger partial charge in [0.25, 0.3) is 0 Å². The van der Waals surface area contributed by atoms with Crippen LogP contribution in [0, 0.1) is 5.92 Å². The number of carbonyl (C=O) groups is 3. The smallest absolute Gasteiger partial charge is 0.407 e. The number of rotatable bonds is 8. The number of carbonyl (C=O) groups excluding carboxylic acids is 2. The third kappa shape index (κ3) is 4.89. The average Bonchev–Trinajstić information content (AvgIpc) is 3.44. The van der Waals surface area contributed by atoms with Gasteiger partial charge in [-0.05, 0) is 36.1 Å². The second-order valence-electron chi connectivity index (χ2n) is 9.13. The first-order valence-electron chi connectivity index (χ1n) is 11.4. The number of anilines is 1. The summed E-state index contributed by atoms with van der Waals surface area (Å²) in [5.41, 5.74) is 3.68. The quantitative estimate of drug-likeness (QED) is 0.454. The molecule has 0 saturated carbocycles. The zero-order valence-corrected chi connectivity index (χ0v) is 19.8. The largest absolute Gasteiger partial charge is 0.479 e. The van der Waals surface area contributed by atoms with Crippen LogP contribution in [0.5, 0.6) is 0 Å². The number of alkyl carbamates (subject to hydrolysis) is 1. The second-order valence-corrected chi connectivity index (χ2v) is 9.13. The van der Waals surface area contributed by atoms with Gasteiger partial charge in [0.2, 0.25) is 5.91 Å². The van der Waals surface area contributed by atoms with Crippen LogP contribution in [0.1, 0.15) is 37.8 Å². The molecule has 0 saturated heterocycles. The van der Waals surface area contributed by atoms with Gasteiger partial charge >= 0.3 is 12.1 Å². The van der Waals surface area contributed by atoms with Crippen LogP contribution in [0.2, 0.25) is 0 Å². The highest BCUT2D eigenvalue weighted by atomic mass is 16.5. The Morgan fingerprint density at radius 3 is 2.29 bits per heavy atom. The molecule has 1 unspecified atom stereocenters. The van der Waals surface area contributed by atoms with Gasteiger partial charge in [-0.25, -0.2) is 9.59 Å². The Labute approximate surface area is 203 Å². The van der Waals surface area contributed by atoms with Crippen LogP contribution in [0.15, 0.2) is 60.9 Å². The molecule has 1 aromatic heterocycles. The van der Waals surface area contributed by atoms with Gasteiger partial charge in [-0.15, -0.1) is 0 Å². The summed E-state index contributed by atoms with van der Waals surface area (Å²) in [6, 6.07) is 16.2. The van der Waals surface area contributed by atoms with Crippen molar-refractivity contribution in [3.05, 3.63) is 72.1 Å². The Hall–Kier alpha value is -4.14. The molecular formula is C26H28N4O5. The molecule has 1 atom stereocenters. The van der Waals surface area contributed by atoms with E-state index in [1.807, 2.05) is 36.4 Å². The lowest BCUT2D eigenvalue weighted by molar-refractivity contribution is -0.146. The van der Waals surface area contributed by atoms with Crippen LogP contribution < -0.4 is 10.6 Å². The Balaban J connectivity index is 1.28. The first-order valence-corrected chi connectivity index (χ1v) is 11.4. The van der Waals surface area contributed by atoms with E-state index in [1.165, 1.54) is 30.9 Å². The van der Waals surface area contributed by atoms with Crippen molar-refractivity contribution < 1.29 is 24.2 Å². The van der Waals surface area contributed by atoms with E-state index >= 15 is 0 Å². The molecule has 0 fully saturated rings. The number of hydrogen-bond acceptors (Lipinski definition) is 5. The minimum Gasteiger partial charge on any atom is -0.479 e. The van der Waals surface area contributed by atoms with E-state index in [2.05, 4.69) is 27.9 Å². The average molecular weight is 477 g/mol.